The van der Waals surface area contributed by atoms with Crippen LogP contribution in [0.2, 0.25) is 0 Å². The summed E-state index contributed by atoms with van der Waals surface area (Å²) in [5, 5.41) is 2.66. The lowest BCUT2D eigenvalue weighted by Crippen LogP contribution is -2.15. The van der Waals surface area contributed by atoms with E-state index in [0.29, 0.717) is 30.8 Å². The summed E-state index contributed by atoms with van der Waals surface area (Å²) < 4.78 is 1.67. The summed E-state index contributed by atoms with van der Waals surface area (Å²) >= 11 is 0. The second-order valence-electron chi connectivity index (χ2n) is 5.82. The fourth-order valence-corrected chi connectivity index (χ4v) is 2.56. The minimum Gasteiger partial charge on any atom is -0.345 e. The van der Waals surface area contributed by atoms with E-state index < -0.39 is 11.6 Å². The Kier molecular flexibility index (Phi) is 6.22. The van der Waals surface area contributed by atoms with E-state index in [1.54, 1.807) is 30.5 Å². The number of aromatic nitrogens is 1. The predicted octanol–water partition coefficient (Wildman–Crippen LogP) is 3.51. The van der Waals surface area contributed by atoms with Gasteiger partial charge < -0.3 is 9.88 Å². The number of aryl methyl sites for hydroxylation is 1. The van der Waals surface area contributed by atoms with E-state index in [0.717, 1.165) is 0 Å². The van der Waals surface area contributed by atoms with E-state index in [-0.39, 0.29) is 22.8 Å². The van der Waals surface area contributed by atoms with E-state index in [4.69, 9.17) is 0 Å². The van der Waals surface area contributed by atoms with E-state index in [1.165, 1.54) is 24.4 Å². The molecule has 6 nitrogen and oxygen atoms in total. The molecule has 1 aromatic heterocycles. The fourth-order valence-electron chi connectivity index (χ4n) is 2.56. The molecule has 0 atom stereocenters. The molecule has 0 spiro atoms. The van der Waals surface area contributed by atoms with Crippen LogP contribution in [-0.2, 0) is 11.3 Å². The summed E-state index contributed by atoms with van der Waals surface area (Å²) in [5.74, 6) is -1.62. The number of carbonyl (C=O) groups is 4. The Morgan fingerprint density at radius 3 is 2.23 bits per heavy atom. The Morgan fingerprint density at radius 2 is 1.62 bits per heavy atom. The number of Topliss-reactive ketones (excluding diaryl/α,β-unsaturated/α-hetero) is 3. The average molecular weight is 354 g/mol. The molecule has 0 radical (unpaired) electrons. The van der Waals surface area contributed by atoms with Gasteiger partial charge in [-0.2, -0.15) is 0 Å². The number of anilines is 1. The molecule has 0 aliphatic carbocycles. The van der Waals surface area contributed by atoms with Crippen LogP contribution in [0.15, 0.2) is 36.5 Å². The second kappa shape index (κ2) is 8.38. The molecule has 2 rings (SSSR count). The minimum absolute atomic E-state index is 0.0809. The van der Waals surface area contributed by atoms with Crippen molar-refractivity contribution < 1.29 is 19.2 Å². The van der Waals surface area contributed by atoms with E-state index >= 15 is 0 Å². The molecule has 1 amide bonds. The Hall–Kier alpha value is -3.02. The van der Waals surface area contributed by atoms with E-state index in [1.807, 2.05) is 6.92 Å². The smallest absolute Gasteiger partial charge is 0.235 e. The Labute approximate surface area is 152 Å². The Balaban J connectivity index is 2.29. The molecule has 1 N–H and O–H groups in total. The number of rotatable bonds is 8. The summed E-state index contributed by atoms with van der Waals surface area (Å²) in [6.45, 7) is 5.86. The van der Waals surface area contributed by atoms with Crippen LogP contribution in [0.5, 0.6) is 0 Å². The number of benzene rings is 1. The summed E-state index contributed by atoms with van der Waals surface area (Å²) in [6.07, 6.45) is 2.17. The Morgan fingerprint density at radius 1 is 0.923 bits per heavy atom. The normalized spacial score (nSPS) is 10.4. The van der Waals surface area contributed by atoms with Crippen molar-refractivity contribution in [2.75, 3.05) is 5.32 Å². The highest BCUT2D eigenvalue weighted by Crippen LogP contribution is 2.17. The van der Waals surface area contributed by atoms with Gasteiger partial charge in [-0.15, -0.1) is 0 Å². The topological polar surface area (TPSA) is 85.2 Å². The van der Waals surface area contributed by atoms with Crippen LogP contribution in [-0.4, -0.2) is 27.8 Å². The molecule has 0 saturated heterocycles. The van der Waals surface area contributed by atoms with Crippen molar-refractivity contribution >= 4 is 28.9 Å². The van der Waals surface area contributed by atoms with Gasteiger partial charge in [0, 0.05) is 42.4 Å². The van der Waals surface area contributed by atoms with Gasteiger partial charge in [-0.3, -0.25) is 19.2 Å². The highest BCUT2D eigenvalue weighted by Gasteiger charge is 2.22. The summed E-state index contributed by atoms with van der Waals surface area (Å²) in [4.78, 5) is 48.6. The van der Waals surface area contributed by atoms with Gasteiger partial charge in [0.05, 0.1) is 5.69 Å². The molecule has 0 aliphatic heterocycles. The number of hydrogen-bond donors (Lipinski definition) is 1. The number of nitrogens with one attached hydrogen (secondary N) is 1. The van der Waals surface area contributed by atoms with Crippen molar-refractivity contribution in [1.29, 1.82) is 0 Å². The first-order valence-electron chi connectivity index (χ1n) is 8.63. The van der Waals surface area contributed by atoms with Crippen LogP contribution in [0.4, 0.5) is 5.69 Å². The maximum Gasteiger partial charge on any atom is 0.235 e. The first-order chi connectivity index (χ1) is 12.4. The molecular formula is C20H22N2O4. The highest BCUT2D eigenvalue weighted by molar-refractivity contribution is 6.49. The zero-order valence-electron chi connectivity index (χ0n) is 15.2. The SMILES string of the molecule is CCC(=O)Nc1cccc(C(=O)C(=O)c2cc(C(=O)CC)n(CC)c2)c1. The minimum atomic E-state index is -0.679. The lowest BCUT2D eigenvalue weighted by molar-refractivity contribution is -0.115. The zero-order valence-corrected chi connectivity index (χ0v) is 15.2. The first kappa shape index (κ1) is 19.3. The van der Waals surface area contributed by atoms with Crippen LogP contribution in [0.25, 0.3) is 0 Å². The third kappa shape index (κ3) is 4.14. The molecule has 6 heteroatoms. The quantitative estimate of drug-likeness (QED) is 0.580. The average Bonchev–Trinajstić information content (AvgIpc) is 3.10. The monoisotopic (exact) mass is 354 g/mol. The van der Waals surface area contributed by atoms with Gasteiger partial charge in [0.1, 0.15) is 0 Å². The van der Waals surface area contributed by atoms with Gasteiger partial charge in [0.2, 0.25) is 17.5 Å². The molecule has 1 aromatic carbocycles. The standard InChI is InChI=1S/C20H22N2O4/c1-4-17(23)16-11-14(12-22(16)6-3)20(26)19(25)13-8-7-9-15(10-13)21-18(24)5-2/h7-12H,4-6H2,1-3H3,(H,21,24). The van der Waals surface area contributed by atoms with E-state index in [9.17, 15) is 19.2 Å². The number of hydrogen-bond acceptors (Lipinski definition) is 4. The van der Waals surface area contributed by atoms with Crippen LogP contribution < -0.4 is 5.32 Å². The van der Waals surface area contributed by atoms with Crippen LogP contribution >= 0.6 is 0 Å². The van der Waals surface area contributed by atoms with Crippen molar-refractivity contribution in [2.24, 2.45) is 0 Å². The second-order valence-corrected chi connectivity index (χ2v) is 5.82. The maximum atomic E-state index is 12.6. The van der Waals surface area contributed by atoms with Gasteiger partial charge in [-0.25, -0.2) is 0 Å². The summed E-state index contributed by atoms with van der Waals surface area (Å²) in [6, 6.07) is 7.73. The molecule has 0 fully saturated rings. The molecule has 0 bridgehead atoms. The predicted molar refractivity (Wildman–Crippen MR) is 98.8 cm³/mol. The Bertz CT molecular complexity index is 864. The lowest BCUT2D eigenvalue weighted by Gasteiger charge is -2.05. The van der Waals surface area contributed by atoms with E-state index in [2.05, 4.69) is 5.32 Å². The third-order valence-corrected chi connectivity index (χ3v) is 4.04. The lowest BCUT2D eigenvalue weighted by atomic mass is 10.0. The zero-order chi connectivity index (χ0) is 19.3. The fraction of sp³-hybridized carbons (Fsp3) is 0.300. The molecule has 26 heavy (non-hydrogen) atoms. The molecule has 1 heterocycles. The third-order valence-electron chi connectivity index (χ3n) is 4.04. The highest BCUT2D eigenvalue weighted by atomic mass is 16.2. The van der Waals surface area contributed by atoms with Crippen molar-refractivity contribution in [3.8, 4) is 0 Å². The van der Waals surface area contributed by atoms with Gasteiger partial charge in [0.25, 0.3) is 0 Å². The van der Waals surface area contributed by atoms with Crippen LogP contribution in [0, 0.1) is 0 Å². The molecule has 2 aromatic rings. The van der Waals surface area contributed by atoms with Crippen molar-refractivity contribution in [1.82, 2.24) is 4.57 Å². The summed E-state index contributed by atoms with van der Waals surface area (Å²) in [7, 11) is 0. The summed E-state index contributed by atoms with van der Waals surface area (Å²) in [5.41, 5.74) is 1.27. The molecular weight excluding hydrogens is 332 g/mol. The maximum absolute atomic E-state index is 12.6. The number of carbonyl (C=O) groups excluding carboxylic acids is 4. The number of ketones is 3. The van der Waals surface area contributed by atoms with Gasteiger partial charge in [-0.05, 0) is 25.1 Å². The molecule has 0 unspecified atom stereocenters. The van der Waals surface area contributed by atoms with Gasteiger partial charge in [0.15, 0.2) is 5.78 Å². The largest absolute Gasteiger partial charge is 0.345 e. The molecule has 136 valence electrons. The number of amides is 1. The van der Waals surface area contributed by atoms with Crippen LogP contribution in [0.1, 0.15) is 64.8 Å². The van der Waals surface area contributed by atoms with Crippen LogP contribution in [0.3, 0.4) is 0 Å². The molecule has 0 saturated carbocycles. The first-order valence-corrected chi connectivity index (χ1v) is 8.63. The molecule has 0 aliphatic rings. The van der Waals surface area contributed by atoms with Crippen molar-refractivity contribution in [3.05, 3.63) is 53.3 Å². The van der Waals surface area contributed by atoms with Gasteiger partial charge in [-0.1, -0.05) is 26.0 Å². The van der Waals surface area contributed by atoms with Crippen molar-refractivity contribution in [3.63, 3.8) is 0 Å². The van der Waals surface area contributed by atoms with Gasteiger partial charge >= 0.3 is 0 Å². The number of nitrogens with zero attached hydrogens (tertiary/aromatic N) is 1. The van der Waals surface area contributed by atoms with Crippen molar-refractivity contribution in [2.45, 2.75) is 40.2 Å².